The highest BCUT2D eigenvalue weighted by Gasteiger charge is 2.68. The second-order valence-corrected chi connectivity index (χ2v) is 8.47. The van der Waals surface area contributed by atoms with Crippen molar-refractivity contribution in [1.29, 1.82) is 0 Å². The van der Waals surface area contributed by atoms with Gasteiger partial charge in [-0.3, -0.25) is 0 Å². The minimum Gasteiger partial charge on any atom is -0.405 e. The first-order valence-corrected chi connectivity index (χ1v) is 8.02. The molecule has 0 aromatic carbocycles. The Kier molecular flexibility index (Phi) is 3.19. The quantitative estimate of drug-likeness (QED) is 0.338. The van der Waals surface area contributed by atoms with Crippen molar-refractivity contribution < 1.29 is 9.31 Å². The molecule has 0 aromatic rings. The second kappa shape index (κ2) is 4.40. The average Bonchev–Trinajstić information content (AvgIpc) is 2.73. The molecule has 21 heavy (non-hydrogen) atoms. The fourth-order valence-electron chi connectivity index (χ4n) is 4.65. The van der Waals surface area contributed by atoms with Gasteiger partial charge in [-0.25, -0.2) is 0 Å². The van der Waals surface area contributed by atoms with Gasteiger partial charge in [-0.15, -0.1) is 0 Å². The van der Waals surface area contributed by atoms with E-state index in [9.17, 15) is 0 Å². The van der Waals surface area contributed by atoms with Crippen molar-refractivity contribution in [2.24, 2.45) is 22.4 Å². The van der Waals surface area contributed by atoms with Crippen LogP contribution >= 0.6 is 0 Å². The van der Waals surface area contributed by atoms with Crippen molar-refractivity contribution in [2.75, 3.05) is 0 Å². The lowest BCUT2D eigenvalue weighted by atomic mass is 9.43. The van der Waals surface area contributed by atoms with E-state index >= 15 is 0 Å². The van der Waals surface area contributed by atoms with Crippen LogP contribution < -0.4 is 0 Å². The summed E-state index contributed by atoms with van der Waals surface area (Å²) in [4.78, 5) is 2.97. The lowest BCUT2D eigenvalue weighted by Crippen LogP contribution is -2.65. The van der Waals surface area contributed by atoms with Gasteiger partial charge in [-0.1, -0.05) is 39.7 Å². The summed E-state index contributed by atoms with van der Waals surface area (Å²) in [5, 5.41) is 3.92. The molecule has 0 radical (unpaired) electrons. The van der Waals surface area contributed by atoms with Crippen LogP contribution in [0.15, 0.2) is 5.11 Å². The molecule has 6 heteroatoms. The molecule has 5 nitrogen and oxygen atoms in total. The number of rotatable bonds is 3. The molecule has 5 atom stereocenters. The zero-order chi connectivity index (χ0) is 15.6. The van der Waals surface area contributed by atoms with Gasteiger partial charge in [-0.2, -0.15) is 0 Å². The largest absolute Gasteiger partial charge is 0.461 e. The molecular weight excluding hydrogens is 265 g/mol. The molecule has 2 bridgehead atoms. The van der Waals surface area contributed by atoms with Crippen molar-refractivity contribution in [1.82, 2.24) is 0 Å². The minimum atomic E-state index is -0.512. The third kappa shape index (κ3) is 1.96. The highest BCUT2D eigenvalue weighted by molar-refractivity contribution is 6.47. The van der Waals surface area contributed by atoms with Gasteiger partial charge in [0.1, 0.15) is 0 Å². The second-order valence-electron chi connectivity index (χ2n) is 8.47. The molecule has 1 aliphatic heterocycles. The minimum absolute atomic E-state index is 0.0242. The molecule has 0 N–H and O–H groups in total. The fraction of sp³-hybridized carbons (Fsp3) is 1.00. The molecule has 3 aliphatic carbocycles. The van der Waals surface area contributed by atoms with E-state index in [1.54, 1.807) is 0 Å². The van der Waals surface area contributed by atoms with E-state index in [1.165, 1.54) is 6.42 Å². The lowest BCUT2D eigenvalue weighted by Gasteiger charge is -2.64. The van der Waals surface area contributed by atoms with Crippen LogP contribution in [0.1, 0.15) is 54.4 Å². The summed E-state index contributed by atoms with van der Waals surface area (Å²) in [6, 6.07) is 0. The first-order chi connectivity index (χ1) is 9.63. The SMILES string of the molecule is C[C@@H](B1O[C@@H]2C[C@@H]3C[C@@H](C3(C)C)[C@]2(C)O1)C(C)(C)N=[N+]=[N-]. The summed E-state index contributed by atoms with van der Waals surface area (Å²) in [5.74, 6) is 1.34. The van der Waals surface area contributed by atoms with Gasteiger partial charge < -0.3 is 9.31 Å². The van der Waals surface area contributed by atoms with Gasteiger partial charge in [0, 0.05) is 16.3 Å². The molecule has 116 valence electrons. The highest BCUT2D eigenvalue weighted by atomic mass is 16.7. The monoisotopic (exact) mass is 291 g/mol. The maximum absolute atomic E-state index is 8.74. The number of hydrogen-bond donors (Lipinski definition) is 0. The maximum atomic E-state index is 8.74. The van der Waals surface area contributed by atoms with Crippen molar-refractivity contribution in [3.8, 4) is 0 Å². The van der Waals surface area contributed by atoms with Crippen molar-refractivity contribution in [3.05, 3.63) is 10.4 Å². The Morgan fingerprint density at radius 3 is 2.57 bits per heavy atom. The topological polar surface area (TPSA) is 67.2 Å². The Balaban J connectivity index is 1.81. The van der Waals surface area contributed by atoms with Crippen LogP contribution in [0.25, 0.3) is 10.4 Å². The van der Waals surface area contributed by atoms with E-state index in [4.69, 9.17) is 14.8 Å². The summed E-state index contributed by atoms with van der Waals surface area (Å²) >= 11 is 0. The molecule has 4 fully saturated rings. The standard InChI is InChI=1S/C15H26BN3O2/c1-9(14(4,5)18-19-17)16-20-12-8-10-7-11(13(10,2)3)15(12,6)21-16/h9-12H,7-8H2,1-6H3/t9-,10+,11+,12-,15+/m1/s1. The molecule has 0 amide bonds. The van der Waals surface area contributed by atoms with Crippen molar-refractivity contribution in [3.63, 3.8) is 0 Å². The molecule has 0 unspecified atom stereocenters. The van der Waals surface area contributed by atoms with E-state index in [-0.39, 0.29) is 24.6 Å². The normalized spacial score (nSPS) is 41.8. The third-order valence-electron chi connectivity index (χ3n) is 6.79. The molecule has 0 spiro atoms. The van der Waals surface area contributed by atoms with Crippen LogP contribution in [0.3, 0.4) is 0 Å². The molecule has 3 saturated carbocycles. The van der Waals surface area contributed by atoms with Gasteiger partial charge in [0.2, 0.25) is 0 Å². The van der Waals surface area contributed by atoms with Crippen molar-refractivity contribution in [2.45, 2.75) is 77.4 Å². The van der Waals surface area contributed by atoms with Gasteiger partial charge in [-0.05, 0) is 42.5 Å². The lowest BCUT2D eigenvalue weighted by molar-refractivity contribution is -0.199. The summed E-state index contributed by atoms with van der Waals surface area (Å²) in [7, 11) is -0.282. The van der Waals surface area contributed by atoms with Gasteiger partial charge in [0.05, 0.1) is 11.7 Å². The van der Waals surface area contributed by atoms with Crippen LogP contribution in [0.4, 0.5) is 0 Å². The van der Waals surface area contributed by atoms with Gasteiger partial charge >= 0.3 is 7.12 Å². The number of nitrogens with zero attached hydrogens (tertiary/aromatic N) is 3. The smallest absolute Gasteiger partial charge is 0.405 e. The average molecular weight is 291 g/mol. The molecule has 0 aromatic heterocycles. The molecular formula is C15H26BN3O2. The van der Waals surface area contributed by atoms with Gasteiger partial charge in [0.25, 0.3) is 0 Å². The third-order valence-corrected chi connectivity index (χ3v) is 6.79. The highest BCUT2D eigenvalue weighted by Crippen LogP contribution is 2.66. The Hall–Kier alpha value is -0.705. The van der Waals surface area contributed by atoms with Crippen LogP contribution in [0.5, 0.6) is 0 Å². The van der Waals surface area contributed by atoms with E-state index in [2.05, 4.69) is 37.7 Å². The first kappa shape index (κ1) is 15.2. The first-order valence-electron chi connectivity index (χ1n) is 8.02. The molecule has 4 rings (SSSR count). The zero-order valence-corrected chi connectivity index (χ0v) is 14.0. The predicted octanol–water partition coefficient (Wildman–Crippen LogP) is 4.19. The zero-order valence-electron chi connectivity index (χ0n) is 14.0. The van der Waals surface area contributed by atoms with E-state index in [0.717, 1.165) is 12.3 Å². The Labute approximate surface area is 127 Å². The Bertz CT molecular complexity index is 503. The van der Waals surface area contributed by atoms with Crippen LogP contribution in [0.2, 0.25) is 5.82 Å². The fourth-order valence-corrected chi connectivity index (χ4v) is 4.65. The molecule has 4 aliphatic rings. The van der Waals surface area contributed by atoms with Gasteiger partial charge in [0.15, 0.2) is 0 Å². The maximum Gasteiger partial charge on any atom is 0.461 e. The predicted molar refractivity (Wildman–Crippen MR) is 82.8 cm³/mol. The van der Waals surface area contributed by atoms with E-state index in [0.29, 0.717) is 11.3 Å². The Morgan fingerprint density at radius 2 is 2.00 bits per heavy atom. The van der Waals surface area contributed by atoms with Crippen LogP contribution in [-0.4, -0.2) is 24.4 Å². The number of azide groups is 1. The molecule has 1 saturated heterocycles. The van der Waals surface area contributed by atoms with Crippen molar-refractivity contribution >= 4 is 7.12 Å². The summed E-state index contributed by atoms with van der Waals surface area (Å²) in [6.45, 7) is 12.9. The summed E-state index contributed by atoms with van der Waals surface area (Å²) in [5.41, 5.74) is 8.40. The van der Waals surface area contributed by atoms with E-state index in [1.807, 2.05) is 13.8 Å². The number of hydrogen-bond acceptors (Lipinski definition) is 3. The van der Waals surface area contributed by atoms with Crippen LogP contribution in [0, 0.1) is 17.3 Å². The summed E-state index contributed by atoms with van der Waals surface area (Å²) < 4.78 is 12.7. The molecule has 1 heterocycles. The van der Waals surface area contributed by atoms with E-state index < -0.39 is 5.54 Å². The summed E-state index contributed by atoms with van der Waals surface area (Å²) in [6.07, 6.45) is 2.53. The Morgan fingerprint density at radius 1 is 1.33 bits per heavy atom. The van der Waals surface area contributed by atoms with Crippen LogP contribution in [-0.2, 0) is 9.31 Å².